The van der Waals surface area contributed by atoms with Crippen LogP contribution in [0.25, 0.3) is 0 Å². The number of nitrogens with one attached hydrogen (secondary N) is 1. The topological polar surface area (TPSA) is 50.7 Å². The van der Waals surface area contributed by atoms with Crippen molar-refractivity contribution < 1.29 is 9.53 Å². The molecule has 1 atom stereocenters. The third kappa shape index (κ3) is 3.71. The second-order valence-corrected chi connectivity index (χ2v) is 6.53. The highest BCUT2D eigenvalue weighted by molar-refractivity contribution is 7.80. The summed E-state index contributed by atoms with van der Waals surface area (Å²) in [6, 6.07) is 13.6. The first-order valence-electron chi connectivity index (χ1n) is 8.36. The smallest absolute Gasteiger partial charge is 0.159 e. The highest BCUT2D eigenvalue weighted by Crippen LogP contribution is 2.37. The normalized spacial score (nSPS) is 15.1. The Labute approximate surface area is 153 Å². The van der Waals surface area contributed by atoms with Gasteiger partial charge in [0.15, 0.2) is 5.78 Å². The molecule has 0 aromatic heterocycles. The summed E-state index contributed by atoms with van der Waals surface area (Å²) in [5, 5.41) is 3.15. The van der Waals surface area contributed by atoms with Gasteiger partial charge in [0, 0.05) is 29.8 Å². The zero-order chi connectivity index (χ0) is 17.8. The van der Waals surface area contributed by atoms with Crippen molar-refractivity contribution in [2.75, 3.05) is 20.2 Å². The largest absolute Gasteiger partial charge is 0.496 e. The molecule has 1 heterocycles. The Balaban J connectivity index is 2.07. The summed E-state index contributed by atoms with van der Waals surface area (Å²) in [4.78, 5) is 16.4. The molecule has 0 amide bonds. The van der Waals surface area contributed by atoms with Crippen LogP contribution in [0.3, 0.4) is 0 Å². The number of Topliss-reactive ketones (excluding diaryl/α,β-unsaturated/α-hetero) is 1. The van der Waals surface area contributed by atoms with Crippen molar-refractivity contribution >= 4 is 24.2 Å². The first-order valence-corrected chi connectivity index (χ1v) is 8.88. The Bertz CT molecular complexity index is 817. The maximum Gasteiger partial charge on any atom is 0.159 e. The molecule has 4 nitrogen and oxygen atoms in total. The number of carbonyl (C=O) groups is 1. The molecule has 1 N–H and O–H groups in total. The van der Waals surface area contributed by atoms with E-state index in [1.807, 2.05) is 30.3 Å². The number of thiol groups is 1. The van der Waals surface area contributed by atoms with Gasteiger partial charge >= 0.3 is 0 Å². The Hall–Kier alpha value is -2.27. The fourth-order valence-electron chi connectivity index (χ4n) is 3.00. The standard InChI is InChI=1S/C20H22N2O2S/c1-13(23)14-8-9-18(24-2)17(12-14)19(25)15-6-3-4-7-16(15)20-21-10-5-11-22-20/h3-4,6-9,12,19,25H,5,10-11H2,1-2H3,(H,21,22). The van der Waals surface area contributed by atoms with E-state index >= 15 is 0 Å². The van der Waals surface area contributed by atoms with E-state index < -0.39 is 0 Å². The number of aliphatic imine (C=N–C) groups is 1. The van der Waals surface area contributed by atoms with Crippen molar-refractivity contribution in [3.05, 3.63) is 64.7 Å². The van der Waals surface area contributed by atoms with E-state index in [-0.39, 0.29) is 11.0 Å². The van der Waals surface area contributed by atoms with Crippen LogP contribution in [0.15, 0.2) is 47.5 Å². The SMILES string of the molecule is COc1ccc(C(C)=O)cc1C(S)c1ccccc1C1=NCCCN1. The molecular formula is C20H22N2O2S. The van der Waals surface area contributed by atoms with Crippen LogP contribution in [0, 0.1) is 0 Å². The van der Waals surface area contributed by atoms with Crippen molar-refractivity contribution in [1.29, 1.82) is 0 Å². The third-order valence-corrected chi connectivity index (χ3v) is 4.89. The Morgan fingerprint density at radius 3 is 2.72 bits per heavy atom. The Morgan fingerprint density at radius 2 is 2.04 bits per heavy atom. The highest BCUT2D eigenvalue weighted by Gasteiger charge is 2.21. The van der Waals surface area contributed by atoms with Gasteiger partial charge in [0.2, 0.25) is 0 Å². The number of hydrogen-bond acceptors (Lipinski definition) is 5. The second kappa shape index (κ2) is 7.74. The lowest BCUT2D eigenvalue weighted by molar-refractivity contribution is 0.101. The number of ketones is 1. The molecule has 1 aliphatic heterocycles. The molecule has 2 aromatic rings. The number of hydrogen-bond donors (Lipinski definition) is 2. The minimum Gasteiger partial charge on any atom is -0.496 e. The maximum atomic E-state index is 11.8. The molecule has 25 heavy (non-hydrogen) atoms. The van der Waals surface area contributed by atoms with Crippen LogP contribution in [0.2, 0.25) is 0 Å². The van der Waals surface area contributed by atoms with Crippen molar-refractivity contribution in [2.45, 2.75) is 18.6 Å². The zero-order valence-electron chi connectivity index (χ0n) is 14.5. The maximum absolute atomic E-state index is 11.8. The molecule has 0 spiro atoms. The van der Waals surface area contributed by atoms with Crippen molar-refractivity contribution in [3.63, 3.8) is 0 Å². The molecule has 0 saturated heterocycles. The quantitative estimate of drug-likeness (QED) is 0.636. The van der Waals surface area contributed by atoms with E-state index in [0.717, 1.165) is 47.8 Å². The number of methoxy groups -OCH3 is 1. The van der Waals surface area contributed by atoms with E-state index in [1.165, 1.54) is 0 Å². The van der Waals surface area contributed by atoms with Crippen molar-refractivity contribution in [1.82, 2.24) is 5.32 Å². The van der Waals surface area contributed by atoms with E-state index in [2.05, 4.69) is 16.4 Å². The van der Waals surface area contributed by atoms with E-state index in [4.69, 9.17) is 17.4 Å². The van der Waals surface area contributed by atoms with Gasteiger partial charge < -0.3 is 10.1 Å². The van der Waals surface area contributed by atoms with Gasteiger partial charge in [-0.15, -0.1) is 0 Å². The van der Waals surface area contributed by atoms with Crippen molar-refractivity contribution in [3.8, 4) is 5.75 Å². The fraction of sp³-hybridized carbons (Fsp3) is 0.300. The number of rotatable bonds is 5. The van der Waals surface area contributed by atoms with Gasteiger partial charge in [-0.1, -0.05) is 24.3 Å². The van der Waals surface area contributed by atoms with E-state index in [1.54, 1.807) is 20.1 Å². The van der Waals surface area contributed by atoms with Gasteiger partial charge in [-0.2, -0.15) is 12.6 Å². The van der Waals surface area contributed by atoms with Gasteiger partial charge in [-0.25, -0.2) is 0 Å². The van der Waals surface area contributed by atoms with Crippen LogP contribution in [0.5, 0.6) is 5.75 Å². The zero-order valence-corrected chi connectivity index (χ0v) is 15.3. The van der Waals surface area contributed by atoms with Crippen LogP contribution >= 0.6 is 12.6 Å². The van der Waals surface area contributed by atoms with Gasteiger partial charge in [0.25, 0.3) is 0 Å². The number of carbonyl (C=O) groups excluding carboxylic acids is 1. The average molecular weight is 354 g/mol. The lowest BCUT2D eigenvalue weighted by Gasteiger charge is -2.22. The molecule has 2 aromatic carbocycles. The van der Waals surface area contributed by atoms with Gasteiger partial charge in [-0.3, -0.25) is 9.79 Å². The lowest BCUT2D eigenvalue weighted by Crippen LogP contribution is -2.31. The molecule has 0 aliphatic carbocycles. The molecule has 130 valence electrons. The van der Waals surface area contributed by atoms with Crippen LogP contribution in [0.1, 0.15) is 45.6 Å². The van der Waals surface area contributed by atoms with Gasteiger partial charge in [0.05, 0.1) is 12.4 Å². The molecule has 5 heteroatoms. The first-order chi connectivity index (χ1) is 12.1. The summed E-state index contributed by atoms with van der Waals surface area (Å²) < 4.78 is 5.50. The summed E-state index contributed by atoms with van der Waals surface area (Å²) in [5.41, 5.74) is 3.61. The molecule has 0 radical (unpaired) electrons. The average Bonchev–Trinajstić information content (AvgIpc) is 2.67. The van der Waals surface area contributed by atoms with Crippen LogP contribution in [-0.4, -0.2) is 31.8 Å². The summed E-state index contributed by atoms with van der Waals surface area (Å²) >= 11 is 4.86. The lowest BCUT2D eigenvalue weighted by atomic mass is 9.95. The summed E-state index contributed by atoms with van der Waals surface area (Å²) in [7, 11) is 1.63. The molecule has 0 saturated carbocycles. The predicted molar refractivity (Wildman–Crippen MR) is 104 cm³/mol. The van der Waals surface area contributed by atoms with Gasteiger partial charge in [-0.05, 0) is 37.1 Å². The minimum atomic E-state index is -0.225. The van der Waals surface area contributed by atoms with Crippen LogP contribution < -0.4 is 10.1 Å². The number of amidine groups is 1. The van der Waals surface area contributed by atoms with Crippen molar-refractivity contribution in [2.24, 2.45) is 4.99 Å². The summed E-state index contributed by atoms with van der Waals surface area (Å²) in [6.45, 7) is 3.32. The fourth-order valence-corrected chi connectivity index (χ4v) is 3.43. The predicted octanol–water partition coefficient (Wildman–Crippen LogP) is 3.66. The number of nitrogens with zero attached hydrogens (tertiary/aromatic N) is 1. The second-order valence-electron chi connectivity index (χ2n) is 6.01. The molecule has 0 bridgehead atoms. The molecule has 3 rings (SSSR count). The monoisotopic (exact) mass is 354 g/mol. The molecule has 1 aliphatic rings. The third-order valence-electron chi connectivity index (χ3n) is 4.34. The Kier molecular flexibility index (Phi) is 5.43. The van der Waals surface area contributed by atoms with E-state index in [9.17, 15) is 4.79 Å². The van der Waals surface area contributed by atoms with Crippen LogP contribution in [-0.2, 0) is 0 Å². The molecule has 1 unspecified atom stereocenters. The number of benzene rings is 2. The summed E-state index contributed by atoms with van der Waals surface area (Å²) in [6.07, 6.45) is 1.05. The Morgan fingerprint density at radius 1 is 1.24 bits per heavy atom. The van der Waals surface area contributed by atoms with Crippen LogP contribution in [0.4, 0.5) is 0 Å². The summed E-state index contributed by atoms with van der Waals surface area (Å²) in [5.74, 6) is 1.65. The van der Waals surface area contributed by atoms with Gasteiger partial charge in [0.1, 0.15) is 11.6 Å². The first kappa shape index (κ1) is 17.5. The minimum absolute atomic E-state index is 0.0241. The number of ether oxygens (including phenoxy) is 1. The molecule has 0 fully saturated rings. The molecular weight excluding hydrogens is 332 g/mol. The highest BCUT2D eigenvalue weighted by atomic mass is 32.1. The van der Waals surface area contributed by atoms with E-state index in [0.29, 0.717) is 5.56 Å².